The average molecular weight is 277 g/mol. The van der Waals surface area contributed by atoms with Crippen molar-refractivity contribution in [3.63, 3.8) is 0 Å². The quantitative estimate of drug-likeness (QED) is 0.813. The van der Waals surface area contributed by atoms with Crippen LogP contribution in [0, 0.1) is 0 Å². The minimum atomic E-state index is 0.281. The van der Waals surface area contributed by atoms with Gasteiger partial charge in [0.2, 0.25) is 0 Å². The molecule has 0 N–H and O–H groups in total. The van der Waals surface area contributed by atoms with Crippen molar-refractivity contribution in [2.24, 2.45) is 0 Å². The van der Waals surface area contributed by atoms with Gasteiger partial charge in [-0.2, -0.15) is 0 Å². The number of hydrogen-bond acceptors (Lipinski definition) is 2. The lowest BCUT2D eigenvalue weighted by molar-refractivity contribution is 0.251. The maximum Gasteiger partial charge on any atom is 0.132 e. The maximum atomic E-state index is 6.16. The van der Waals surface area contributed by atoms with E-state index in [0.717, 1.165) is 24.6 Å². The molecule has 0 spiro atoms. The van der Waals surface area contributed by atoms with E-state index in [1.54, 1.807) is 0 Å². The van der Waals surface area contributed by atoms with Crippen molar-refractivity contribution in [1.82, 2.24) is 4.90 Å². The van der Waals surface area contributed by atoms with Crippen LogP contribution in [0.3, 0.4) is 0 Å². The first-order valence-corrected chi connectivity index (χ1v) is 7.69. The fraction of sp³-hybridized carbons (Fsp3) is 0.263. The van der Waals surface area contributed by atoms with Crippen molar-refractivity contribution >= 4 is 6.08 Å². The summed E-state index contributed by atoms with van der Waals surface area (Å²) >= 11 is 0. The Hall–Kier alpha value is -2.06. The molecule has 1 atom stereocenters. The Balaban J connectivity index is 1.75. The Bertz CT molecular complexity index is 656. The fourth-order valence-electron chi connectivity index (χ4n) is 3.33. The molecule has 1 saturated heterocycles. The van der Waals surface area contributed by atoms with Crippen LogP contribution in [-0.2, 0) is 0 Å². The molecule has 0 amide bonds. The SMILES string of the molecule is C(=C1/Oc2ccccc2C1N1CCCC1)/c1ccccc1. The molecule has 2 heteroatoms. The second-order valence-corrected chi connectivity index (χ2v) is 5.74. The van der Waals surface area contributed by atoms with Gasteiger partial charge in [0.15, 0.2) is 0 Å². The Morgan fingerprint density at radius 2 is 1.62 bits per heavy atom. The summed E-state index contributed by atoms with van der Waals surface area (Å²) in [5.41, 5.74) is 2.51. The van der Waals surface area contributed by atoms with Crippen molar-refractivity contribution in [1.29, 1.82) is 0 Å². The van der Waals surface area contributed by atoms with Crippen LogP contribution in [-0.4, -0.2) is 18.0 Å². The van der Waals surface area contributed by atoms with Gasteiger partial charge in [0.1, 0.15) is 11.5 Å². The molecule has 2 aliphatic heterocycles. The monoisotopic (exact) mass is 277 g/mol. The van der Waals surface area contributed by atoms with Gasteiger partial charge >= 0.3 is 0 Å². The maximum absolute atomic E-state index is 6.16. The third-order valence-corrected chi connectivity index (χ3v) is 4.33. The summed E-state index contributed by atoms with van der Waals surface area (Å²) in [4.78, 5) is 2.54. The van der Waals surface area contributed by atoms with Crippen LogP contribution >= 0.6 is 0 Å². The summed E-state index contributed by atoms with van der Waals surface area (Å²) in [7, 11) is 0. The summed E-state index contributed by atoms with van der Waals surface area (Å²) in [5, 5.41) is 0. The fourth-order valence-corrected chi connectivity index (χ4v) is 3.33. The Morgan fingerprint density at radius 3 is 2.43 bits per heavy atom. The van der Waals surface area contributed by atoms with Crippen LogP contribution < -0.4 is 4.74 Å². The first-order chi connectivity index (χ1) is 10.4. The Labute approximate surface area is 125 Å². The van der Waals surface area contributed by atoms with E-state index >= 15 is 0 Å². The number of likely N-dealkylation sites (tertiary alicyclic amines) is 1. The van der Waals surface area contributed by atoms with Gasteiger partial charge in [0.05, 0.1) is 6.04 Å². The van der Waals surface area contributed by atoms with Crippen molar-refractivity contribution in [2.75, 3.05) is 13.1 Å². The van der Waals surface area contributed by atoms with Gasteiger partial charge in [-0.1, -0.05) is 48.5 Å². The summed E-state index contributed by atoms with van der Waals surface area (Å²) < 4.78 is 6.16. The molecular weight excluding hydrogens is 258 g/mol. The van der Waals surface area contributed by atoms with Gasteiger partial charge in [0, 0.05) is 5.56 Å². The normalized spacial score (nSPS) is 23.2. The third-order valence-electron chi connectivity index (χ3n) is 4.33. The van der Waals surface area contributed by atoms with E-state index in [0.29, 0.717) is 0 Å². The summed E-state index contributed by atoms with van der Waals surface area (Å²) in [6.07, 6.45) is 4.76. The van der Waals surface area contributed by atoms with Crippen molar-refractivity contribution in [2.45, 2.75) is 18.9 Å². The number of benzene rings is 2. The van der Waals surface area contributed by atoms with Gasteiger partial charge in [-0.3, -0.25) is 4.90 Å². The van der Waals surface area contributed by atoms with Crippen LogP contribution in [0.2, 0.25) is 0 Å². The van der Waals surface area contributed by atoms with Gasteiger partial charge in [-0.05, 0) is 43.6 Å². The highest BCUT2D eigenvalue weighted by molar-refractivity contribution is 5.58. The highest BCUT2D eigenvalue weighted by Gasteiger charge is 2.35. The van der Waals surface area contributed by atoms with E-state index < -0.39 is 0 Å². The number of fused-ring (bicyclic) bond motifs is 1. The average Bonchev–Trinajstić information content (AvgIpc) is 3.14. The number of hydrogen-bond donors (Lipinski definition) is 0. The lowest BCUT2D eigenvalue weighted by Gasteiger charge is -2.23. The molecule has 0 aliphatic carbocycles. The number of ether oxygens (including phenoxy) is 1. The second-order valence-electron chi connectivity index (χ2n) is 5.74. The molecule has 2 aromatic rings. The predicted molar refractivity (Wildman–Crippen MR) is 85.0 cm³/mol. The van der Waals surface area contributed by atoms with E-state index in [1.807, 2.05) is 12.1 Å². The molecular formula is C19H19NO. The molecule has 2 aromatic carbocycles. The molecule has 2 heterocycles. The van der Waals surface area contributed by atoms with E-state index in [1.165, 1.54) is 24.0 Å². The van der Waals surface area contributed by atoms with Crippen LogP contribution in [0.15, 0.2) is 60.4 Å². The first-order valence-electron chi connectivity index (χ1n) is 7.69. The predicted octanol–water partition coefficient (Wildman–Crippen LogP) is 4.26. The number of nitrogens with zero attached hydrogens (tertiary/aromatic N) is 1. The molecule has 4 rings (SSSR count). The Morgan fingerprint density at radius 1 is 0.905 bits per heavy atom. The van der Waals surface area contributed by atoms with Crippen LogP contribution in [0.5, 0.6) is 5.75 Å². The van der Waals surface area contributed by atoms with E-state index in [9.17, 15) is 0 Å². The molecule has 1 fully saturated rings. The molecule has 2 aliphatic rings. The minimum absolute atomic E-state index is 0.281. The van der Waals surface area contributed by atoms with Gasteiger partial charge in [0.25, 0.3) is 0 Å². The summed E-state index contributed by atoms with van der Waals surface area (Å²) in [6.45, 7) is 2.32. The van der Waals surface area contributed by atoms with Gasteiger partial charge < -0.3 is 4.74 Å². The second kappa shape index (κ2) is 5.38. The van der Waals surface area contributed by atoms with E-state index in [4.69, 9.17) is 4.74 Å². The Kier molecular flexibility index (Phi) is 3.24. The standard InChI is InChI=1S/C19H19NO/c1-2-8-15(9-3-1)14-18-19(20-12-6-7-13-20)16-10-4-5-11-17(16)21-18/h1-5,8-11,14,19H,6-7,12-13H2/b18-14-. The smallest absolute Gasteiger partial charge is 0.132 e. The first kappa shape index (κ1) is 12.7. The van der Waals surface area contributed by atoms with Crippen LogP contribution in [0.25, 0.3) is 6.08 Å². The molecule has 21 heavy (non-hydrogen) atoms. The lowest BCUT2D eigenvalue weighted by Crippen LogP contribution is -2.25. The van der Waals surface area contributed by atoms with Crippen LogP contribution in [0.4, 0.5) is 0 Å². The molecule has 106 valence electrons. The molecule has 0 saturated carbocycles. The van der Waals surface area contributed by atoms with Crippen LogP contribution in [0.1, 0.15) is 30.0 Å². The van der Waals surface area contributed by atoms with E-state index in [-0.39, 0.29) is 6.04 Å². The molecule has 2 nitrogen and oxygen atoms in total. The van der Waals surface area contributed by atoms with Crippen molar-refractivity contribution in [3.05, 3.63) is 71.5 Å². The van der Waals surface area contributed by atoms with Gasteiger partial charge in [-0.15, -0.1) is 0 Å². The summed E-state index contributed by atoms with van der Waals surface area (Å²) in [5.74, 6) is 2.07. The van der Waals surface area contributed by atoms with E-state index in [2.05, 4.69) is 53.4 Å². The molecule has 0 bridgehead atoms. The van der Waals surface area contributed by atoms with Crippen molar-refractivity contribution in [3.8, 4) is 5.75 Å². The zero-order chi connectivity index (χ0) is 14.1. The highest BCUT2D eigenvalue weighted by Crippen LogP contribution is 2.44. The van der Waals surface area contributed by atoms with Gasteiger partial charge in [-0.25, -0.2) is 0 Å². The lowest BCUT2D eigenvalue weighted by atomic mass is 10.0. The number of para-hydroxylation sites is 1. The van der Waals surface area contributed by atoms with Crippen molar-refractivity contribution < 1.29 is 4.74 Å². The zero-order valence-corrected chi connectivity index (χ0v) is 12.0. The molecule has 1 unspecified atom stereocenters. The summed E-state index contributed by atoms with van der Waals surface area (Å²) in [6, 6.07) is 19.1. The highest BCUT2D eigenvalue weighted by atomic mass is 16.5. The largest absolute Gasteiger partial charge is 0.459 e. The minimum Gasteiger partial charge on any atom is -0.459 e. The number of rotatable bonds is 2. The zero-order valence-electron chi connectivity index (χ0n) is 12.0. The molecule has 0 aromatic heterocycles. The molecule has 0 radical (unpaired) electrons. The topological polar surface area (TPSA) is 12.5 Å². The third kappa shape index (κ3) is 2.36.